The van der Waals surface area contributed by atoms with Gasteiger partial charge in [0, 0.05) is 22.7 Å². The second kappa shape index (κ2) is 9.15. The number of carbonyl (C=O) groups is 1. The van der Waals surface area contributed by atoms with Crippen LogP contribution in [-0.4, -0.2) is 27.4 Å². The molecule has 3 aromatic rings. The zero-order chi connectivity index (χ0) is 20.1. The summed E-state index contributed by atoms with van der Waals surface area (Å²) in [5.41, 5.74) is 2.69. The first-order chi connectivity index (χ1) is 13.5. The molecule has 2 aromatic carbocycles. The standard InChI is InChI=1S/C21H19Cl2N3O2/c1-13(27)19-18(23)21(26-12-25-19)24-11-10-14-2-4-15(5-3-14)20(28)16-6-8-17(22)9-7-16/h2-9,12-13,27H,10-11H2,1H3,(H,24,25,26). The van der Waals surface area contributed by atoms with Crippen molar-refractivity contribution in [1.29, 1.82) is 0 Å². The Hall–Kier alpha value is -2.47. The molecule has 1 atom stereocenters. The van der Waals surface area contributed by atoms with Gasteiger partial charge in [-0.05, 0) is 43.2 Å². The van der Waals surface area contributed by atoms with E-state index in [9.17, 15) is 9.90 Å². The molecular formula is C21H19Cl2N3O2. The van der Waals surface area contributed by atoms with Crippen molar-refractivity contribution in [2.24, 2.45) is 0 Å². The minimum atomic E-state index is -0.762. The van der Waals surface area contributed by atoms with Gasteiger partial charge in [0.25, 0.3) is 0 Å². The second-order valence-corrected chi connectivity index (χ2v) is 7.12. The molecule has 1 aromatic heterocycles. The highest BCUT2D eigenvalue weighted by Crippen LogP contribution is 2.26. The van der Waals surface area contributed by atoms with Crippen LogP contribution < -0.4 is 5.32 Å². The van der Waals surface area contributed by atoms with Gasteiger partial charge in [-0.2, -0.15) is 0 Å². The number of carbonyl (C=O) groups excluding carboxylic acids is 1. The molecule has 2 N–H and O–H groups in total. The number of ketones is 1. The first-order valence-electron chi connectivity index (χ1n) is 8.77. The first kappa shape index (κ1) is 20.3. The predicted molar refractivity (Wildman–Crippen MR) is 111 cm³/mol. The summed E-state index contributed by atoms with van der Waals surface area (Å²) in [6.45, 7) is 2.20. The van der Waals surface area contributed by atoms with Gasteiger partial charge in [0.2, 0.25) is 0 Å². The first-order valence-corrected chi connectivity index (χ1v) is 9.53. The van der Waals surface area contributed by atoms with E-state index in [2.05, 4.69) is 15.3 Å². The minimum absolute atomic E-state index is 0.0419. The van der Waals surface area contributed by atoms with Gasteiger partial charge in [0.15, 0.2) is 5.78 Å². The van der Waals surface area contributed by atoms with Crippen molar-refractivity contribution in [2.45, 2.75) is 19.4 Å². The Kier molecular flexibility index (Phi) is 6.62. The van der Waals surface area contributed by atoms with Gasteiger partial charge in [-0.15, -0.1) is 0 Å². The van der Waals surface area contributed by atoms with Crippen LogP contribution in [0.3, 0.4) is 0 Å². The molecular weight excluding hydrogens is 397 g/mol. The van der Waals surface area contributed by atoms with E-state index < -0.39 is 6.10 Å². The molecule has 0 radical (unpaired) electrons. The zero-order valence-electron chi connectivity index (χ0n) is 15.2. The number of hydrogen-bond donors (Lipinski definition) is 2. The van der Waals surface area contributed by atoms with Crippen LogP contribution in [0, 0.1) is 0 Å². The molecule has 0 saturated carbocycles. The summed E-state index contributed by atoms with van der Waals surface area (Å²) in [6, 6.07) is 14.3. The van der Waals surface area contributed by atoms with Gasteiger partial charge in [-0.3, -0.25) is 4.79 Å². The van der Waals surface area contributed by atoms with Gasteiger partial charge in [0.05, 0.1) is 11.8 Å². The maximum atomic E-state index is 12.5. The predicted octanol–water partition coefficient (Wildman–Crippen LogP) is 4.72. The summed E-state index contributed by atoms with van der Waals surface area (Å²) >= 11 is 12.1. The van der Waals surface area contributed by atoms with Crippen LogP contribution >= 0.6 is 23.2 Å². The molecule has 0 bridgehead atoms. The average Bonchev–Trinajstić information content (AvgIpc) is 2.69. The maximum absolute atomic E-state index is 12.5. The van der Waals surface area contributed by atoms with Crippen molar-refractivity contribution in [3.8, 4) is 0 Å². The molecule has 144 valence electrons. The minimum Gasteiger partial charge on any atom is -0.387 e. The van der Waals surface area contributed by atoms with Crippen LogP contribution in [-0.2, 0) is 6.42 Å². The van der Waals surface area contributed by atoms with Crippen LogP contribution in [0.15, 0.2) is 54.9 Å². The highest BCUT2D eigenvalue weighted by Gasteiger charge is 2.13. The van der Waals surface area contributed by atoms with Crippen LogP contribution in [0.2, 0.25) is 10.0 Å². The van der Waals surface area contributed by atoms with Crippen molar-refractivity contribution < 1.29 is 9.90 Å². The third kappa shape index (κ3) is 4.87. The number of aliphatic hydroxyl groups excluding tert-OH is 1. The summed E-state index contributed by atoms with van der Waals surface area (Å²) in [7, 11) is 0. The molecule has 1 heterocycles. The quantitative estimate of drug-likeness (QED) is 0.545. The van der Waals surface area contributed by atoms with Crippen molar-refractivity contribution in [3.05, 3.63) is 87.3 Å². The number of hydrogen-bond acceptors (Lipinski definition) is 5. The molecule has 0 amide bonds. The lowest BCUT2D eigenvalue weighted by Gasteiger charge is -2.11. The fourth-order valence-corrected chi connectivity index (χ4v) is 3.16. The van der Waals surface area contributed by atoms with E-state index >= 15 is 0 Å². The van der Waals surface area contributed by atoms with Gasteiger partial charge in [0.1, 0.15) is 17.2 Å². The summed E-state index contributed by atoms with van der Waals surface area (Å²) in [5, 5.41) is 13.7. The number of rotatable bonds is 7. The molecule has 7 heteroatoms. The van der Waals surface area contributed by atoms with E-state index in [0.29, 0.717) is 39.2 Å². The number of halogens is 2. The summed E-state index contributed by atoms with van der Waals surface area (Å²) in [5.74, 6) is 0.446. The Morgan fingerprint density at radius 3 is 2.25 bits per heavy atom. The fraction of sp³-hybridized carbons (Fsp3) is 0.190. The van der Waals surface area contributed by atoms with Gasteiger partial charge in [-0.1, -0.05) is 47.5 Å². The number of nitrogens with zero attached hydrogens (tertiary/aromatic N) is 2. The highest BCUT2D eigenvalue weighted by atomic mass is 35.5. The number of benzene rings is 2. The number of anilines is 1. The van der Waals surface area contributed by atoms with Crippen molar-refractivity contribution in [1.82, 2.24) is 9.97 Å². The highest BCUT2D eigenvalue weighted by molar-refractivity contribution is 6.33. The second-order valence-electron chi connectivity index (χ2n) is 6.31. The molecule has 0 aliphatic carbocycles. The van der Waals surface area contributed by atoms with E-state index in [1.54, 1.807) is 31.2 Å². The third-order valence-corrected chi connectivity index (χ3v) is 4.87. The number of aliphatic hydroxyl groups is 1. The molecule has 3 rings (SSSR count). The van der Waals surface area contributed by atoms with E-state index in [4.69, 9.17) is 23.2 Å². The Morgan fingerprint density at radius 2 is 1.64 bits per heavy atom. The fourth-order valence-electron chi connectivity index (χ4n) is 2.71. The Balaban J connectivity index is 1.60. The Labute approximate surface area is 173 Å². The molecule has 0 fully saturated rings. The summed E-state index contributed by atoms with van der Waals surface area (Å²) < 4.78 is 0. The third-order valence-electron chi connectivity index (χ3n) is 4.24. The molecule has 0 aliphatic heterocycles. The SMILES string of the molecule is CC(O)c1ncnc(NCCc2ccc(C(=O)c3ccc(Cl)cc3)cc2)c1Cl. The lowest BCUT2D eigenvalue weighted by molar-refractivity contribution is 0.103. The Bertz CT molecular complexity index is 958. The van der Waals surface area contributed by atoms with Crippen LogP contribution in [0.4, 0.5) is 5.82 Å². The summed E-state index contributed by atoms with van der Waals surface area (Å²) in [4.78, 5) is 20.6. The molecule has 0 spiro atoms. The van der Waals surface area contributed by atoms with E-state index in [-0.39, 0.29) is 5.78 Å². The number of nitrogens with one attached hydrogen (secondary N) is 1. The lowest BCUT2D eigenvalue weighted by atomic mass is 10.0. The molecule has 0 saturated heterocycles. The Morgan fingerprint density at radius 1 is 1.04 bits per heavy atom. The van der Waals surface area contributed by atoms with Gasteiger partial charge >= 0.3 is 0 Å². The maximum Gasteiger partial charge on any atom is 0.193 e. The van der Waals surface area contributed by atoms with Crippen LogP contribution in [0.25, 0.3) is 0 Å². The van der Waals surface area contributed by atoms with Crippen LogP contribution in [0.5, 0.6) is 0 Å². The molecule has 28 heavy (non-hydrogen) atoms. The molecule has 1 unspecified atom stereocenters. The van der Waals surface area contributed by atoms with E-state index in [1.165, 1.54) is 6.33 Å². The van der Waals surface area contributed by atoms with Crippen molar-refractivity contribution in [3.63, 3.8) is 0 Å². The van der Waals surface area contributed by atoms with Gasteiger partial charge in [-0.25, -0.2) is 9.97 Å². The summed E-state index contributed by atoms with van der Waals surface area (Å²) in [6.07, 6.45) is 1.33. The molecule has 5 nitrogen and oxygen atoms in total. The zero-order valence-corrected chi connectivity index (χ0v) is 16.7. The van der Waals surface area contributed by atoms with E-state index in [1.807, 2.05) is 24.3 Å². The molecule has 0 aliphatic rings. The van der Waals surface area contributed by atoms with E-state index in [0.717, 1.165) is 12.0 Å². The largest absolute Gasteiger partial charge is 0.387 e. The van der Waals surface area contributed by atoms with Gasteiger partial charge < -0.3 is 10.4 Å². The average molecular weight is 416 g/mol. The topological polar surface area (TPSA) is 75.1 Å². The lowest BCUT2D eigenvalue weighted by Crippen LogP contribution is -2.09. The normalized spacial score (nSPS) is 11.9. The van der Waals surface area contributed by atoms with Crippen LogP contribution in [0.1, 0.15) is 40.2 Å². The van der Waals surface area contributed by atoms with Crippen molar-refractivity contribution in [2.75, 3.05) is 11.9 Å². The monoisotopic (exact) mass is 415 g/mol. The smallest absolute Gasteiger partial charge is 0.193 e. The number of aromatic nitrogens is 2. The van der Waals surface area contributed by atoms with Crippen molar-refractivity contribution >= 4 is 34.8 Å².